The highest BCUT2D eigenvalue weighted by molar-refractivity contribution is 6.09. The van der Waals surface area contributed by atoms with Crippen LogP contribution < -0.4 is 10.2 Å². The van der Waals surface area contributed by atoms with Gasteiger partial charge in [0.2, 0.25) is 0 Å². The number of benzene rings is 1. The summed E-state index contributed by atoms with van der Waals surface area (Å²) in [6, 6.07) is 10.0. The molecule has 3 aromatic rings. The molecule has 4 heterocycles. The van der Waals surface area contributed by atoms with Crippen molar-refractivity contribution in [3.8, 4) is 11.1 Å². The first-order chi connectivity index (χ1) is 16.2. The van der Waals surface area contributed by atoms with Gasteiger partial charge in [0.05, 0.1) is 23.5 Å². The SMILES string of the molecule is CC(C)n1cc2c(n1)[C@H](C)CCc1ccccc1-c1ccnc(N3CCC(F)(F)C3)c1NC2=O. The van der Waals surface area contributed by atoms with Gasteiger partial charge in [0.25, 0.3) is 11.8 Å². The van der Waals surface area contributed by atoms with E-state index in [-0.39, 0.29) is 30.8 Å². The Morgan fingerprint density at radius 2 is 1.94 bits per heavy atom. The number of fused-ring (bicyclic) bond motifs is 4. The van der Waals surface area contributed by atoms with Crippen molar-refractivity contribution in [3.63, 3.8) is 0 Å². The minimum Gasteiger partial charge on any atom is -0.349 e. The summed E-state index contributed by atoms with van der Waals surface area (Å²) in [7, 11) is 0. The number of rotatable bonds is 2. The average Bonchev–Trinajstić information content (AvgIpc) is 3.41. The second-order valence-electron chi connectivity index (χ2n) is 9.64. The summed E-state index contributed by atoms with van der Waals surface area (Å²) in [5, 5.41) is 7.81. The van der Waals surface area contributed by atoms with Crippen molar-refractivity contribution in [1.29, 1.82) is 0 Å². The van der Waals surface area contributed by atoms with E-state index >= 15 is 0 Å². The van der Waals surface area contributed by atoms with Gasteiger partial charge in [-0.05, 0) is 43.9 Å². The molecule has 1 fully saturated rings. The maximum absolute atomic E-state index is 14.1. The molecule has 0 bridgehead atoms. The van der Waals surface area contributed by atoms with Gasteiger partial charge in [-0.1, -0.05) is 31.2 Å². The van der Waals surface area contributed by atoms with E-state index in [2.05, 4.69) is 23.3 Å². The largest absolute Gasteiger partial charge is 0.349 e. The number of carbonyl (C=O) groups excluding carboxylic acids is 1. The summed E-state index contributed by atoms with van der Waals surface area (Å²) in [5.74, 6) is -2.62. The molecule has 0 spiro atoms. The van der Waals surface area contributed by atoms with Crippen LogP contribution in [0.15, 0.2) is 42.7 Å². The Morgan fingerprint density at radius 3 is 2.68 bits per heavy atom. The van der Waals surface area contributed by atoms with E-state index in [1.807, 2.05) is 42.8 Å². The molecule has 0 saturated carbocycles. The molecule has 1 saturated heterocycles. The summed E-state index contributed by atoms with van der Waals surface area (Å²) in [5.41, 5.74) is 4.64. The molecule has 178 valence electrons. The third-order valence-corrected chi connectivity index (χ3v) is 6.79. The van der Waals surface area contributed by atoms with Crippen molar-refractivity contribution in [1.82, 2.24) is 14.8 Å². The monoisotopic (exact) mass is 465 g/mol. The number of carbonyl (C=O) groups is 1. The topological polar surface area (TPSA) is 63.1 Å². The molecular formula is C26H29F2N5O. The predicted octanol–water partition coefficient (Wildman–Crippen LogP) is 5.67. The number of pyridine rings is 1. The van der Waals surface area contributed by atoms with Crippen molar-refractivity contribution >= 4 is 17.4 Å². The fraction of sp³-hybridized carbons (Fsp3) is 0.423. The molecule has 1 aromatic carbocycles. The molecule has 2 aromatic heterocycles. The molecule has 1 atom stereocenters. The van der Waals surface area contributed by atoms with Crippen LogP contribution in [0.4, 0.5) is 20.3 Å². The number of aryl methyl sites for hydroxylation is 1. The van der Waals surface area contributed by atoms with Crippen molar-refractivity contribution in [3.05, 3.63) is 59.5 Å². The number of amides is 1. The number of halogens is 2. The normalized spacial score (nSPS) is 19.8. The summed E-state index contributed by atoms with van der Waals surface area (Å²) in [6.07, 6.45) is 4.83. The third kappa shape index (κ3) is 4.06. The first-order valence-corrected chi connectivity index (χ1v) is 11.8. The minimum atomic E-state index is -2.78. The van der Waals surface area contributed by atoms with Gasteiger partial charge < -0.3 is 10.2 Å². The second-order valence-corrected chi connectivity index (χ2v) is 9.64. The van der Waals surface area contributed by atoms with Gasteiger partial charge in [0, 0.05) is 42.9 Å². The van der Waals surface area contributed by atoms with Gasteiger partial charge >= 0.3 is 0 Å². The van der Waals surface area contributed by atoms with Gasteiger partial charge in [0.15, 0.2) is 5.82 Å². The lowest BCUT2D eigenvalue weighted by Crippen LogP contribution is -2.27. The standard InChI is InChI=1S/C26H29F2N5O/c1-16(2)33-14-21-22(31-33)17(3)8-9-18-6-4-5-7-19(18)20-10-12-29-24(23(20)30-25(21)34)32-13-11-26(27,28)15-32/h4-7,10,12,14,16-17H,8-9,11,13,15H2,1-3H3,(H,30,34)/t17-/m1/s1. The van der Waals surface area contributed by atoms with E-state index in [4.69, 9.17) is 5.10 Å². The molecule has 0 unspecified atom stereocenters. The number of nitrogens with one attached hydrogen (secondary N) is 1. The maximum Gasteiger partial charge on any atom is 0.266 e. The molecule has 5 rings (SSSR count). The highest BCUT2D eigenvalue weighted by atomic mass is 19.3. The zero-order valence-electron chi connectivity index (χ0n) is 19.7. The molecule has 0 aliphatic carbocycles. The number of hydrogen-bond acceptors (Lipinski definition) is 4. The van der Waals surface area contributed by atoms with E-state index in [9.17, 15) is 13.6 Å². The summed E-state index contributed by atoms with van der Waals surface area (Å²) < 4.78 is 30.0. The average molecular weight is 466 g/mol. The van der Waals surface area contributed by atoms with Crippen LogP contribution in [0.2, 0.25) is 0 Å². The van der Waals surface area contributed by atoms with Crippen LogP contribution >= 0.6 is 0 Å². The number of nitrogens with zero attached hydrogens (tertiary/aromatic N) is 4. The van der Waals surface area contributed by atoms with Gasteiger partial charge in [-0.3, -0.25) is 9.48 Å². The van der Waals surface area contributed by atoms with Gasteiger partial charge in [-0.25, -0.2) is 13.8 Å². The fourth-order valence-corrected chi connectivity index (χ4v) is 4.85. The zero-order valence-corrected chi connectivity index (χ0v) is 19.7. The first-order valence-electron chi connectivity index (χ1n) is 11.8. The Hall–Kier alpha value is -3.29. The lowest BCUT2D eigenvalue weighted by Gasteiger charge is -2.23. The molecule has 0 radical (unpaired) electrons. The minimum absolute atomic E-state index is 0.0740. The summed E-state index contributed by atoms with van der Waals surface area (Å²) in [4.78, 5) is 19.7. The lowest BCUT2D eigenvalue weighted by molar-refractivity contribution is 0.0257. The van der Waals surface area contributed by atoms with Crippen molar-refractivity contribution in [2.45, 2.75) is 57.9 Å². The molecule has 8 heteroatoms. The Labute approximate surface area is 198 Å². The van der Waals surface area contributed by atoms with Crippen molar-refractivity contribution < 1.29 is 13.6 Å². The van der Waals surface area contributed by atoms with Crippen LogP contribution in [0.3, 0.4) is 0 Å². The molecule has 1 amide bonds. The molecule has 2 aliphatic rings. The lowest BCUT2D eigenvalue weighted by atomic mass is 9.92. The van der Waals surface area contributed by atoms with E-state index < -0.39 is 12.5 Å². The van der Waals surface area contributed by atoms with Crippen LogP contribution in [-0.2, 0) is 6.42 Å². The van der Waals surface area contributed by atoms with E-state index in [1.165, 1.54) is 0 Å². The Balaban J connectivity index is 1.69. The van der Waals surface area contributed by atoms with Crippen molar-refractivity contribution in [2.75, 3.05) is 23.3 Å². The maximum atomic E-state index is 14.1. The fourth-order valence-electron chi connectivity index (χ4n) is 4.85. The Kier molecular flexibility index (Phi) is 5.62. The van der Waals surface area contributed by atoms with Crippen LogP contribution in [0, 0.1) is 0 Å². The molecule has 6 nitrogen and oxygen atoms in total. The van der Waals surface area contributed by atoms with E-state index in [0.717, 1.165) is 35.2 Å². The number of aromatic nitrogens is 3. The Bertz CT molecular complexity index is 1240. The summed E-state index contributed by atoms with van der Waals surface area (Å²) in [6.45, 7) is 5.90. The highest BCUT2D eigenvalue weighted by Gasteiger charge is 2.40. The molecule has 1 N–H and O–H groups in total. The second kappa shape index (κ2) is 8.49. The zero-order chi connectivity index (χ0) is 24.0. The van der Waals surface area contributed by atoms with Crippen LogP contribution in [0.1, 0.15) is 67.2 Å². The van der Waals surface area contributed by atoms with Crippen LogP contribution in [0.5, 0.6) is 0 Å². The molecule has 2 aliphatic heterocycles. The number of hydrogen-bond donors (Lipinski definition) is 1. The molecule has 34 heavy (non-hydrogen) atoms. The van der Waals surface area contributed by atoms with Crippen LogP contribution in [-0.4, -0.2) is 39.7 Å². The van der Waals surface area contributed by atoms with Gasteiger partial charge in [0.1, 0.15) is 0 Å². The third-order valence-electron chi connectivity index (χ3n) is 6.79. The summed E-state index contributed by atoms with van der Waals surface area (Å²) >= 11 is 0. The molecular weight excluding hydrogens is 436 g/mol. The van der Waals surface area contributed by atoms with Gasteiger partial charge in [-0.2, -0.15) is 5.10 Å². The smallest absolute Gasteiger partial charge is 0.266 e. The van der Waals surface area contributed by atoms with Gasteiger partial charge in [-0.15, -0.1) is 0 Å². The number of anilines is 2. The predicted molar refractivity (Wildman–Crippen MR) is 129 cm³/mol. The van der Waals surface area contributed by atoms with Crippen molar-refractivity contribution in [2.24, 2.45) is 0 Å². The quantitative estimate of drug-likeness (QED) is 0.529. The first kappa shape index (κ1) is 22.5. The number of alkyl halides is 2. The van der Waals surface area contributed by atoms with E-state index in [0.29, 0.717) is 17.1 Å². The van der Waals surface area contributed by atoms with Crippen LogP contribution in [0.25, 0.3) is 11.1 Å². The van der Waals surface area contributed by atoms with E-state index in [1.54, 1.807) is 17.3 Å². The Morgan fingerprint density at radius 1 is 1.15 bits per heavy atom. The highest BCUT2D eigenvalue weighted by Crippen LogP contribution is 2.41.